The molecule has 2 N–H and O–H groups in total. The highest BCUT2D eigenvalue weighted by atomic mass is 16.1. The lowest BCUT2D eigenvalue weighted by Gasteiger charge is -2.37. The van der Waals surface area contributed by atoms with E-state index in [-0.39, 0.29) is 11.8 Å². The Labute approximate surface area is 310 Å². The summed E-state index contributed by atoms with van der Waals surface area (Å²) in [5.74, 6) is 0.204. The number of hydrogen-bond donors (Lipinski definition) is 1. The molecule has 0 radical (unpaired) electrons. The molecule has 0 saturated carbocycles. The smallest absolute Gasteiger partial charge is 0.232 e. The number of aldehydes is 1. The summed E-state index contributed by atoms with van der Waals surface area (Å²) < 4.78 is 0. The largest absolute Gasteiger partial charge is 0.369 e. The van der Waals surface area contributed by atoms with Gasteiger partial charge in [-0.2, -0.15) is 0 Å². The first kappa shape index (κ1) is 41.6. The minimum Gasteiger partial charge on any atom is -0.369 e. The number of hydrogen-bond acceptors (Lipinski definition) is 4. The van der Waals surface area contributed by atoms with Gasteiger partial charge in [0.1, 0.15) is 11.7 Å². The number of amides is 1. The molecule has 5 nitrogen and oxygen atoms in total. The standard InChI is InChI=1S/C41H53N3O2.C3H6.C2H6/c1-3-33(2)40(32-45,34-18-10-7-11-19-34)37-24-28-43(30-37)26-16-5-4-6-17-27-44-29-25-38(31-44)41(39(42)46,35-20-12-8-13-21-35)36-22-14-9-15-23-36;1-3-2;1-2/h3,7-15,18-23,32,37-38H,4-6,16-17,24-31H2,1-2H3,(H2,42,46);3H,1H2,2H3;1-2H3/b33-3+;;. The predicted octanol–water partition coefficient (Wildman–Crippen LogP) is 9.37. The number of unbranched alkanes of at least 4 members (excludes halogenated alkanes) is 4. The van der Waals surface area contributed by atoms with Crippen LogP contribution in [0.3, 0.4) is 0 Å². The van der Waals surface area contributed by atoms with Crippen LogP contribution in [0.25, 0.3) is 0 Å². The third kappa shape index (κ3) is 9.96. The van der Waals surface area contributed by atoms with Gasteiger partial charge in [0, 0.05) is 13.1 Å². The number of allylic oxidation sites excluding steroid dienone is 3. The van der Waals surface area contributed by atoms with Crippen LogP contribution < -0.4 is 5.73 Å². The van der Waals surface area contributed by atoms with Gasteiger partial charge in [-0.15, -0.1) is 6.58 Å². The van der Waals surface area contributed by atoms with Crippen molar-refractivity contribution >= 4 is 12.2 Å². The minimum absolute atomic E-state index is 0.149. The van der Waals surface area contributed by atoms with Gasteiger partial charge < -0.3 is 20.3 Å². The minimum atomic E-state index is -0.816. The third-order valence-corrected chi connectivity index (χ3v) is 11.1. The summed E-state index contributed by atoms with van der Waals surface area (Å²) >= 11 is 0. The zero-order valence-electron chi connectivity index (χ0n) is 32.2. The monoisotopic (exact) mass is 692 g/mol. The van der Waals surface area contributed by atoms with Crippen LogP contribution in [0.15, 0.2) is 115 Å². The molecule has 3 atom stereocenters. The van der Waals surface area contributed by atoms with Crippen molar-refractivity contribution in [1.29, 1.82) is 0 Å². The Kier molecular flexibility index (Phi) is 17.6. The summed E-state index contributed by atoms with van der Waals surface area (Å²) in [6, 6.07) is 30.7. The molecule has 3 aromatic carbocycles. The predicted molar refractivity (Wildman–Crippen MR) is 216 cm³/mol. The zero-order chi connectivity index (χ0) is 37.1. The number of likely N-dealkylation sites (tertiary alicyclic amines) is 2. The van der Waals surface area contributed by atoms with Gasteiger partial charge in [0.05, 0.1) is 5.41 Å². The second-order valence-electron chi connectivity index (χ2n) is 14.0. The van der Waals surface area contributed by atoms with E-state index in [9.17, 15) is 9.59 Å². The van der Waals surface area contributed by atoms with E-state index in [2.05, 4.69) is 84.8 Å². The molecule has 0 bridgehead atoms. The molecule has 2 saturated heterocycles. The van der Waals surface area contributed by atoms with E-state index in [4.69, 9.17) is 5.73 Å². The maximum absolute atomic E-state index is 13.3. The van der Waals surface area contributed by atoms with E-state index in [1.54, 1.807) is 6.08 Å². The van der Waals surface area contributed by atoms with E-state index in [0.717, 1.165) is 74.4 Å². The highest BCUT2D eigenvalue weighted by molar-refractivity contribution is 5.91. The van der Waals surface area contributed by atoms with Gasteiger partial charge in [-0.25, -0.2) is 0 Å². The van der Waals surface area contributed by atoms with Gasteiger partial charge in [-0.3, -0.25) is 4.79 Å². The first-order valence-corrected chi connectivity index (χ1v) is 19.5. The third-order valence-electron chi connectivity index (χ3n) is 11.1. The van der Waals surface area contributed by atoms with Crippen molar-refractivity contribution in [2.75, 3.05) is 39.3 Å². The topological polar surface area (TPSA) is 66.6 Å². The molecule has 2 fully saturated rings. The fourth-order valence-corrected chi connectivity index (χ4v) is 8.52. The van der Waals surface area contributed by atoms with Crippen molar-refractivity contribution < 1.29 is 9.59 Å². The second-order valence-corrected chi connectivity index (χ2v) is 14.0. The number of nitrogens with two attached hydrogens (primary N) is 1. The fourth-order valence-electron chi connectivity index (χ4n) is 8.52. The summed E-state index contributed by atoms with van der Waals surface area (Å²) in [4.78, 5) is 31.2. The number of carbonyl (C=O) groups excluding carboxylic acids is 2. The van der Waals surface area contributed by atoms with Crippen LogP contribution >= 0.6 is 0 Å². The van der Waals surface area contributed by atoms with Crippen LogP contribution in [-0.2, 0) is 20.4 Å². The van der Waals surface area contributed by atoms with Crippen molar-refractivity contribution in [3.05, 3.63) is 132 Å². The Hall–Kier alpha value is -3.80. The van der Waals surface area contributed by atoms with Gasteiger partial charge in [-0.1, -0.05) is 142 Å². The average Bonchev–Trinajstić information content (AvgIpc) is 3.85. The number of benzene rings is 3. The lowest BCUT2D eigenvalue weighted by Crippen LogP contribution is -2.49. The summed E-state index contributed by atoms with van der Waals surface area (Å²) in [6.07, 6.45) is 13.2. The molecule has 2 heterocycles. The Morgan fingerprint density at radius 1 is 0.725 bits per heavy atom. The van der Waals surface area contributed by atoms with Crippen molar-refractivity contribution in [2.45, 2.75) is 90.4 Å². The molecule has 3 unspecified atom stereocenters. The number of primary amides is 1. The van der Waals surface area contributed by atoms with E-state index in [1.165, 1.54) is 38.4 Å². The van der Waals surface area contributed by atoms with Crippen LogP contribution in [0.5, 0.6) is 0 Å². The Morgan fingerprint density at radius 3 is 1.53 bits per heavy atom. The summed E-state index contributed by atoms with van der Waals surface area (Å²) in [6.45, 7) is 19.5. The Morgan fingerprint density at radius 2 is 1.12 bits per heavy atom. The van der Waals surface area contributed by atoms with Gasteiger partial charge in [0.25, 0.3) is 0 Å². The Bertz CT molecular complexity index is 1430. The highest BCUT2D eigenvalue weighted by Gasteiger charge is 2.49. The fraction of sp³-hybridized carbons (Fsp3) is 0.478. The SMILES string of the molecule is C/C=C(\C)C(C=O)(c1ccccc1)C1CCN(CCCCCCCN2CCC(C(C(N)=O)(c3ccccc3)c3ccccc3)C2)C1.C=CC.CC. The lowest BCUT2D eigenvalue weighted by molar-refractivity contribution is -0.123. The molecule has 1 amide bonds. The molecule has 0 spiro atoms. The molecule has 3 aromatic rings. The van der Waals surface area contributed by atoms with E-state index in [1.807, 2.05) is 63.2 Å². The summed E-state index contributed by atoms with van der Waals surface area (Å²) in [5, 5.41) is 0. The quantitative estimate of drug-likeness (QED) is 0.0924. The van der Waals surface area contributed by atoms with Crippen LogP contribution in [0, 0.1) is 11.8 Å². The molecular weight excluding hydrogens is 627 g/mol. The molecule has 0 aliphatic carbocycles. The highest BCUT2D eigenvalue weighted by Crippen LogP contribution is 2.44. The van der Waals surface area contributed by atoms with Gasteiger partial charge in [-0.05, 0) is 101 Å². The maximum atomic E-state index is 13.3. The van der Waals surface area contributed by atoms with Gasteiger partial charge >= 0.3 is 0 Å². The molecule has 2 aliphatic heterocycles. The van der Waals surface area contributed by atoms with Crippen LogP contribution in [0.2, 0.25) is 0 Å². The molecule has 276 valence electrons. The average molecular weight is 692 g/mol. The molecule has 0 aromatic heterocycles. The number of carbonyl (C=O) groups is 2. The van der Waals surface area contributed by atoms with Crippen molar-refractivity contribution in [3.63, 3.8) is 0 Å². The van der Waals surface area contributed by atoms with Crippen molar-refractivity contribution in [3.8, 4) is 0 Å². The number of nitrogens with zero attached hydrogens (tertiary/aromatic N) is 2. The van der Waals surface area contributed by atoms with E-state index in [0.29, 0.717) is 5.92 Å². The van der Waals surface area contributed by atoms with Crippen LogP contribution in [0.1, 0.15) is 96.3 Å². The molecule has 2 aliphatic rings. The normalized spacial score (nSPS) is 19.2. The first-order valence-electron chi connectivity index (χ1n) is 19.5. The second kappa shape index (κ2) is 21.5. The summed E-state index contributed by atoms with van der Waals surface area (Å²) in [5.41, 5.74) is 9.21. The van der Waals surface area contributed by atoms with Crippen molar-refractivity contribution in [2.24, 2.45) is 17.6 Å². The van der Waals surface area contributed by atoms with Gasteiger partial charge in [0.2, 0.25) is 5.91 Å². The lowest BCUT2D eigenvalue weighted by atomic mass is 9.64. The van der Waals surface area contributed by atoms with Crippen molar-refractivity contribution in [1.82, 2.24) is 9.80 Å². The molecule has 51 heavy (non-hydrogen) atoms. The summed E-state index contributed by atoms with van der Waals surface area (Å²) in [7, 11) is 0. The zero-order valence-corrected chi connectivity index (χ0v) is 32.2. The Balaban J connectivity index is 0.00000133. The molecule has 5 rings (SSSR count). The number of rotatable bonds is 16. The maximum Gasteiger partial charge on any atom is 0.232 e. The van der Waals surface area contributed by atoms with Gasteiger partial charge in [0.15, 0.2) is 0 Å². The van der Waals surface area contributed by atoms with Crippen LogP contribution in [0.4, 0.5) is 0 Å². The van der Waals surface area contributed by atoms with E-state index < -0.39 is 10.8 Å². The molecular formula is C46H65N3O2. The molecule has 5 heteroatoms. The van der Waals surface area contributed by atoms with E-state index >= 15 is 0 Å². The van der Waals surface area contributed by atoms with Crippen LogP contribution in [-0.4, -0.2) is 61.3 Å². The first-order chi connectivity index (χ1) is 24.9.